The van der Waals surface area contributed by atoms with Gasteiger partial charge in [-0.1, -0.05) is 0 Å². The van der Waals surface area contributed by atoms with Gasteiger partial charge in [-0.25, -0.2) is 8.78 Å². The van der Waals surface area contributed by atoms with Gasteiger partial charge in [0.25, 0.3) is 0 Å². The Kier molecular flexibility index (Phi) is 4.11. The van der Waals surface area contributed by atoms with E-state index in [0.717, 1.165) is 37.7 Å². The number of hydrogen-bond donors (Lipinski definition) is 3. The number of nitrogens with one attached hydrogen (secondary N) is 3. The SMILES string of the molecule is CC1(NCC(=O)Nc2cc(F)cc(F)c2)CCNC1. The first kappa shape index (κ1) is 13.9. The predicted octanol–water partition coefficient (Wildman–Crippen LogP) is 1.24. The van der Waals surface area contributed by atoms with Crippen molar-refractivity contribution in [1.29, 1.82) is 0 Å². The first-order valence-corrected chi connectivity index (χ1v) is 6.19. The van der Waals surface area contributed by atoms with E-state index in [0.29, 0.717) is 0 Å². The number of hydrogen-bond acceptors (Lipinski definition) is 3. The maximum absolute atomic E-state index is 13.0. The van der Waals surface area contributed by atoms with Crippen molar-refractivity contribution in [1.82, 2.24) is 10.6 Å². The van der Waals surface area contributed by atoms with Crippen LogP contribution in [0.1, 0.15) is 13.3 Å². The Labute approximate surface area is 110 Å². The van der Waals surface area contributed by atoms with Crippen molar-refractivity contribution in [2.45, 2.75) is 18.9 Å². The van der Waals surface area contributed by atoms with E-state index in [1.807, 2.05) is 6.92 Å². The molecule has 4 nitrogen and oxygen atoms in total. The van der Waals surface area contributed by atoms with Crippen LogP contribution in [0.25, 0.3) is 0 Å². The quantitative estimate of drug-likeness (QED) is 0.771. The zero-order valence-corrected chi connectivity index (χ0v) is 10.7. The maximum atomic E-state index is 13.0. The van der Waals surface area contributed by atoms with E-state index in [1.165, 1.54) is 0 Å². The van der Waals surface area contributed by atoms with Crippen molar-refractivity contribution in [2.24, 2.45) is 0 Å². The molecule has 1 aromatic rings. The van der Waals surface area contributed by atoms with Crippen LogP contribution in [0.4, 0.5) is 14.5 Å². The Morgan fingerprint density at radius 1 is 1.37 bits per heavy atom. The summed E-state index contributed by atoms with van der Waals surface area (Å²) in [4.78, 5) is 11.7. The lowest BCUT2D eigenvalue weighted by Crippen LogP contribution is -2.47. The molecule has 3 N–H and O–H groups in total. The molecule has 1 heterocycles. The average molecular weight is 269 g/mol. The van der Waals surface area contributed by atoms with Gasteiger partial charge in [-0.05, 0) is 32.0 Å². The van der Waals surface area contributed by atoms with Gasteiger partial charge in [0.05, 0.1) is 6.54 Å². The molecule has 1 unspecified atom stereocenters. The van der Waals surface area contributed by atoms with Crippen LogP contribution in [0, 0.1) is 11.6 Å². The molecule has 0 bridgehead atoms. The van der Waals surface area contributed by atoms with Crippen molar-refractivity contribution in [3.05, 3.63) is 29.8 Å². The first-order valence-electron chi connectivity index (χ1n) is 6.19. The Morgan fingerprint density at radius 3 is 2.63 bits per heavy atom. The molecule has 6 heteroatoms. The summed E-state index contributed by atoms with van der Waals surface area (Å²) in [6, 6.07) is 2.93. The summed E-state index contributed by atoms with van der Waals surface area (Å²) in [6.45, 7) is 3.85. The van der Waals surface area contributed by atoms with Gasteiger partial charge in [0, 0.05) is 23.8 Å². The largest absolute Gasteiger partial charge is 0.325 e. The molecular formula is C13H17F2N3O. The molecule has 19 heavy (non-hydrogen) atoms. The molecule has 1 atom stereocenters. The Balaban J connectivity index is 1.87. The van der Waals surface area contributed by atoms with Crippen molar-refractivity contribution >= 4 is 11.6 Å². The molecule has 2 rings (SSSR count). The van der Waals surface area contributed by atoms with E-state index in [1.54, 1.807) is 0 Å². The fourth-order valence-corrected chi connectivity index (χ4v) is 2.09. The zero-order valence-electron chi connectivity index (χ0n) is 10.7. The number of carbonyl (C=O) groups excluding carboxylic acids is 1. The van der Waals surface area contributed by atoms with Gasteiger partial charge in [-0.3, -0.25) is 4.79 Å². The van der Waals surface area contributed by atoms with Crippen LogP contribution in [0.15, 0.2) is 18.2 Å². The normalized spacial score (nSPS) is 22.5. The molecule has 1 fully saturated rings. The van der Waals surface area contributed by atoms with Gasteiger partial charge in [-0.15, -0.1) is 0 Å². The van der Waals surface area contributed by atoms with Crippen LogP contribution in [0.5, 0.6) is 0 Å². The Morgan fingerprint density at radius 2 is 2.05 bits per heavy atom. The molecule has 0 saturated carbocycles. The highest BCUT2D eigenvalue weighted by atomic mass is 19.1. The maximum Gasteiger partial charge on any atom is 0.238 e. The van der Waals surface area contributed by atoms with E-state index in [4.69, 9.17) is 0 Å². The van der Waals surface area contributed by atoms with Gasteiger partial charge in [0.1, 0.15) is 11.6 Å². The van der Waals surface area contributed by atoms with Crippen LogP contribution < -0.4 is 16.0 Å². The third-order valence-corrected chi connectivity index (χ3v) is 3.19. The highest BCUT2D eigenvalue weighted by Crippen LogP contribution is 2.14. The van der Waals surface area contributed by atoms with Gasteiger partial charge < -0.3 is 16.0 Å². The van der Waals surface area contributed by atoms with E-state index in [9.17, 15) is 13.6 Å². The van der Waals surface area contributed by atoms with Crippen LogP contribution in [0.3, 0.4) is 0 Å². The van der Waals surface area contributed by atoms with E-state index < -0.39 is 11.6 Å². The van der Waals surface area contributed by atoms with Crippen molar-refractivity contribution in [3.8, 4) is 0 Å². The average Bonchev–Trinajstić information content (AvgIpc) is 2.73. The number of halogens is 2. The standard InChI is InChI=1S/C13H17F2N3O/c1-13(2-3-16-8-13)17-7-12(19)18-11-5-9(14)4-10(15)6-11/h4-6,16-17H,2-3,7-8H2,1H3,(H,18,19). The predicted molar refractivity (Wildman–Crippen MR) is 68.9 cm³/mol. The van der Waals surface area contributed by atoms with E-state index in [2.05, 4.69) is 16.0 Å². The summed E-state index contributed by atoms with van der Waals surface area (Å²) >= 11 is 0. The summed E-state index contributed by atoms with van der Waals surface area (Å²) in [6.07, 6.45) is 0.939. The van der Waals surface area contributed by atoms with Crippen LogP contribution in [-0.4, -0.2) is 31.1 Å². The summed E-state index contributed by atoms with van der Waals surface area (Å²) < 4.78 is 25.9. The highest BCUT2D eigenvalue weighted by molar-refractivity contribution is 5.92. The molecule has 1 saturated heterocycles. The number of carbonyl (C=O) groups is 1. The molecule has 0 radical (unpaired) electrons. The smallest absolute Gasteiger partial charge is 0.238 e. The van der Waals surface area contributed by atoms with E-state index in [-0.39, 0.29) is 23.7 Å². The number of benzene rings is 1. The number of amides is 1. The lowest BCUT2D eigenvalue weighted by Gasteiger charge is -2.24. The fourth-order valence-electron chi connectivity index (χ4n) is 2.09. The lowest BCUT2D eigenvalue weighted by molar-refractivity contribution is -0.115. The number of rotatable bonds is 4. The fraction of sp³-hybridized carbons (Fsp3) is 0.462. The monoisotopic (exact) mass is 269 g/mol. The third kappa shape index (κ3) is 3.97. The van der Waals surface area contributed by atoms with Crippen LogP contribution >= 0.6 is 0 Å². The van der Waals surface area contributed by atoms with E-state index >= 15 is 0 Å². The summed E-state index contributed by atoms with van der Waals surface area (Å²) in [5, 5.41) is 8.82. The Hall–Kier alpha value is -1.53. The third-order valence-electron chi connectivity index (χ3n) is 3.19. The summed E-state index contributed by atoms with van der Waals surface area (Å²) in [7, 11) is 0. The molecule has 104 valence electrons. The molecule has 0 aromatic heterocycles. The van der Waals surface area contributed by atoms with Gasteiger partial charge >= 0.3 is 0 Å². The Bertz CT molecular complexity index is 453. The molecule has 1 aromatic carbocycles. The molecule has 0 aliphatic carbocycles. The molecule has 1 aliphatic heterocycles. The second-order valence-corrected chi connectivity index (χ2v) is 5.05. The minimum Gasteiger partial charge on any atom is -0.325 e. The zero-order chi connectivity index (χ0) is 13.9. The van der Waals surface area contributed by atoms with Gasteiger partial charge in [0.2, 0.25) is 5.91 Å². The second-order valence-electron chi connectivity index (χ2n) is 5.05. The summed E-state index contributed by atoms with van der Waals surface area (Å²) in [5.41, 5.74) is 0.0175. The minimum atomic E-state index is -0.713. The minimum absolute atomic E-state index is 0.107. The van der Waals surface area contributed by atoms with Crippen molar-refractivity contribution in [2.75, 3.05) is 25.0 Å². The topological polar surface area (TPSA) is 53.2 Å². The van der Waals surface area contributed by atoms with Gasteiger partial charge in [-0.2, -0.15) is 0 Å². The van der Waals surface area contributed by atoms with Crippen molar-refractivity contribution in [3.63, 3.8) is 0 Å². The molecular weight excluding hydrogens is 252 g/mol. The highest BCUT2D eigenvalue weighted by Gasteiger charge is 2.28. The van der Waals surface area contributed by atoms with Crippen LogP contribution in [0.2, 0.25) is 0 Å². The lowest BCUT2D eigenvalue weighted by atomic mass is 10.0. The summed E-state index contributed by atoms with van der Waals surface area (Å²) in [5.74, 6) is -1.75. The van der Waals surface area contributed by atoms with Crippen molar-refractivity contribution < 1.29 is 13.6 Å². The van der Waals surface area contributed by atoms with Crippen LogP contribution in [-0.2, 0) is 4.79 Å². The molecule has 1 aliphatic rings. The first-order chi connectivity index (χ1) is 8.97. The molecule has 1 amide bonds. The van der Waals surface area contributed by atoms with Gasteiger partial charge in [0.15, 0.2) is 0 Å². The molecule has 0 spiro atoms. The number of anilines is 1. The second kappa shape index (κ2) is 5.63.